The molecule has 2 aliphatic carbocycles. The summed E-state index contributed by atoms with van der Waals surface area (Å²) < 4.78 is 81.6. The zero-order valence-corrected chi connectivity index (χ0v) is 33.8. The van der Waals surface area contributed by atoms with Crippen LogP contribution in [0.25, 0.3) is 21.8 Å². The van der Waals surface area contributed by atoms with Gasteiger partial charge < -0.3 is 10.6 Å². The number of carbonyl (C=O) groups excluding carboxylic acids is 2. The van der Waals surface area contributed by atoms with Crippen LogP contribution in [-0.2, 0) is 25.4 Å². The van der Waals surface area contributed by atoms with Gasteiger partial charge in [-0.2, -0.15) is 36.5 Å². The second-order valence-corrected chi connectivity index (χ2v) is 16.4. The van der Waals surface area contributed by atoms with Crippen LogP contribution in [0.5, 0.6) is 0 Å². The van der Waals surface area contributed by atoms with E-state index >= 15 is 0 Å². The monoisotopic (exact) mass is 870 g/mol. The maximum Gasteiger partial charge on any atom is 0.416 e. The van der Waals surface area contributed by atoms with Crippen LogP contribution < -0.4 is 10.6 Å². The number of hydrogen-bond donors (Lipinski definition) is 2. The van der Waals surface area contributed by atoms with E-state index in [9.17, 15) is 35.9 Å². The van der Waals surface area contributed by atoms with E-state index in [1.807, 2.05) is 70.3 Å². The lowest BCUT2D eigenvalue weighted by Gasteiger charge is -2.29. The van der Waals surface area contributed by atoms with Gasteiger partial charge in [-0.3, -0.25) is 19.0 Å². The van der Waals surface area contributed by atoms with Crippen LogP contribution in [-0.4, -0.2) is 43.5 Å². The van der Waals surface area contributed by atoms with Crippen LogP contribution in [0, 0.1) is 11.8 Å². The van der Waals surface area contributed by atoms with Crippen molar-refractivity contribution in [3.63, 3.8) is 0 Å². The van der Waals surface area contributed by atoms with Crippen molar-refractivity contribution < 1.29 is 35.9 Å². The third-order valence-electron chi connectivity index (χ3n) is 11.3. The number of alkyl halides is 6. The highest BCUT2D eigenvalue weighted by atomic mass is 35.5. The molecule has 2 aromatic heterocycles. The lowest BCUT2D eigenvalue weighted by Crippen LogP contribution is -2.38. The minimum Gasteiger partial charge on any atom is -0.349 e. The fourth-order valence-corrected chi connectivity index (χ4v) is 8.45. The summed E-state index contributed by atoms with van der Waals surface area (Å²) in [5.41, 5.74) is 0.0246. The van der Waals surface area contributed by atoms with Crippen molar-refractivity contribution in [2.45, 2.75) is 88.9 Å². The fraction of sp³-hybridized carbons (Fsp3) is 0.364. The van der Waals surface area contributed by atoms with E-state index in [4.69, 9.17) is 23.2 Å². The number of halogens is 8. The Kier molecular flexibility index (Phi) is 13.1. The number of carbonyl (C=O) groups is 2. The van der Waals surface area contributed by atoms with Gasteiger partial charge in [0.1, 0.15) is 0 Å². The molecule has 60 heavy (non-hydrogen) atoms. The van der Waals surface area contributed by atoms with Crippen LogP contribution >= 0.6 is 23.2 Å². The third-order valence-corrected chi connectivity index (χ3v) is 12.0. The standard InChI is InChI=1S/2C22H21ClF3N3O/c23-19-10-7-16(22(24,25)26)11-18(19)21(30)28-17-8-5-14(6-9-17)13-29-20-4-2-1-3-15(20)12-27-29;23-19-10-7-16(22(24,25)26)11-18(19)21(30)27-17-8-5-14(6-9-17)12-29-13-15-3-1-2-4-20(15)28-29/h1-4,7,10-12,14,17H,5-6,8-9,13H2,(H,28,30);1-4,7,10-11,13-14,17H,5-6,8-9,12H2,(H,27,30). The van der Waals surface area contributed by atoms with E-state index < -0.39 is 35.3 Å². The van der Waals surface area contributed by atoms with Crippen molar-refractivity contribution in [3.05, 3.63) is 130 Å². The molecule has 16 heteroatoms. The van der Waals surface area contributed by atoms with Crippen LogP contribution in [0.15, 0.2) is 97.3 Å². The number of benzene rings is 4. The van der Waals surface area contributed by atoms with Crippen LogP contribution in [0.4, 0.5) is 26.3 Å². The molecule has 0 spiro atoms. The van der Waals surface area contributed by atoms with Gasteiger partial charge in [0.15, 0.2) is 0 Å². The molecule has 2 saturated carbocycles. The third kappa shape index (κ3) is 10.6. The smallest absolute Gasteiger partial charge is 0.349 e. The van der Waals surface area contributed by atoms with Crippen LogP contribution in [0.3, 0.4) is 0 Å². The van der Waals surface area contributed by atoms with Gasteiger partial charge in [-0.25, -0.2) is 0 Å². The average molecular weight is 872 g/mol. The van der Waals surface area contributed by atoms with Gasteiger partial charge in [-0.05, 0) is 112 Å². The summed E-state index contributed by atoms with van der Waals surface area (Å²) in [7, 11) is 0. The van der Waals surface area contributed by atoms with E-state index in [1.54, 1.807) is 0 Å². The highest BCUT2D eigenvalue weighted by Gasteiger charge is 2.34. The minimum atomic E-state index is -4.52. The minimum absolute atomic E-state index is 0.0137. The quantitative estimate of drug-likeness (QED) is 0.149. The van der Waals surface area contributed by atoms with Gasteiger partial charge in [-0.15, -0.1) is 0 Å². The van der Waals surface area contributed by atoms with Gasteiger partial charge in [0.05, 0.1) is 49.5 Å². The number of fused-ring (bicyclic) bond motifs is 2. The van der Waals surface area contributed by atoms with E-state index in [1.165, 1.54) is 0 Å². The average Bonchev–Trinajstić information content (AvgIpc) is 3.82. The first-order valence-corrected chi connectivity index (χ1v) is 20.5. The Bertz CT molecular complexity index is 2410. The molecule has 0 unspecified atom stereocenters. The molecular formula is C44H42Cl2F6N6O2. The SMILES string of the molecule is O=C(NC1CCC(Cn2cc3ccccc3n2)CC1)c1cc(C(F)(F)F)ccc1Cl.O=C(NC1CCC(Cn2ncc3ccccc32)CC1)c1cc(C(F)(F)F)ccc1Cl. The number of aromatic nitrogens is 4. The number of amides is 2. The Labute approximate surface area is 352 Å². The number of nitrogens with one attached hydrogen (secondary N) is 2. The molecule has 0 atom stereocenters. The summed E-state index contributed by atoms with van der Waals surface area (Å²) in [5.74, 6) is -0.233. The van der Waals surface area contributed by atoms with Gasteiger partial charge in [0.25, 0.3) is 11.8 Å². The lowest BCUT2D eigenvalue weighted by molar-refractivity contribution is -0.138. The summed E-state index contributed by atoms with van der Waals surface area (Å²) in [6.45, 7) is 1.63. The number of nitrogens with zero attached hydrogens (tertiary/aromatic N) is 4. The Morgan fingerprint density at radius 2 is 1.12 bits per heavy atom. The molecular weight excluding hydrogens is 829 g/mol. The molecule has 2 heterocycles. The maximum atomic E-state index is 12.9. The largest absolute Gasteiger partial charge is 0.416 e. The van der Waals surface area contributed by atoms with E-state index in [-0.39, 0.29) is 33.3 Å². The second-order valence-electron chi connectivity index (χ2n) is 15.6. The van der Waals surface area contributed by atoms with E-state index in [2.05, 4.69) is 20.8 Å². The highest BCUT2D eigenvalue weighted by molar-refractivity contribution is 6.34. The van der Waals surface area contributed by atoms with Gasteiger partial charge in [0.2, 0.25) is 0 Å². The molecule has 0 radical (unpaired) electrons. The molecule has 2 fully saturated rings. The Balaban J connectivity index is 0.000000181. The fourth-order valence-electron chi connectivity index (χ4n) is 8.05. The van der Waals surface area contributed by atoms with Gasteiger partial charge >= 0.3 is 12.4 Å². The Hall–Kier alpha value is -5.08. The molecule has 2 N–H and O–H groups in total. The number of hydrogen-bond acceptors (Lipinski definition) is 4. The maximum absolute atomic E-state index is 12.9. The van der Waals surface area contributed by atoms with Crippen LogP contribution in [0.1, 0.15) is 83.2 Å². The molecule has 8 nitrogen and oxygen atoms in total. The molecule has 316 valence electrons. The summed E-state index contributed by atoms with van der Waals surface area (Å²) >= 11 is 11.9. The van der Waals surface area contributed by atoms with Crippen LogP contribution in [0.2, 0.25) is 10.0 Å². The molecule has 0 saturated heterocycles. The molecule has 2 aliphatic rings. The summed E-state index contributed by atoms with van der Waals surface area (Å²) in [5, 5.41) is 17.0. The first-order valence-electron chi connectivity index (χ1n) is 19.8. The second kappa shape index (κ2) is 18.3. The molecule has 6 aromatic rings. The topological polar surface area (TPSA) is 93.8 Å². The lowest BCUT2D eigenvalue weighted by atomic mass is 9.86. The van der Waals surface area contributed by atoms with Crippen molar-refractivity contribution >= 4 is 56.8 Å². The zero-order valence-electron chi connectivity index (χ0n) is 32.2. The van der Waals surface area contributed by atoms with Crippen molar-refractivity contribution in [1.29, 1.82) is 0 Å². The van der Waals surface area contributed by atoms with Gasteiger partial charge in [0, 0.05) is 42.1 Å². The van der Waals surface area contributed by atoms with Gasteiger partial charge in [-0.1, -0.05) is 59.6 Å². The highest BCUT2D eigenvalue weighted by Crippen LogP contribution is 2.34. The number of rotatable bonds is 8. The molecule has 0 bridgehead atoms. The molecule has 2 amide bonds. The molecule has 4 aromatic carbocycles. The zero-order chi connectivity index (χ0) is 42.6. The first-order chi connectivity index (χ1) is 28.6. The predicted octanol–water partition coefficient (Wildman–Crippen LogP) is 11.4. The van der Waals surface area contributed by atoms with Crippen molar-refractivity contribution in [3.8, 4) is 0 Å². The predicted molar refractivity (Wildman–Crippen MR) is 219 cm³/mol. The summed E-state index contributed by atoms with van der Waals surface area (Å²) in [6, 6.07) is 21.5. The Morgan fingerprint density at radius 1 is 0.633 bits per heavy atom. The number of para-hydroxylation sites is 1. The Morgan fingerprint density at radius 3 is 1.63 bits per heavy atom. The molecule has 8 rings (SSSR count). The molecule has 0 aliphatic heterocycles. The van der Waals surface area contributed by atoms with Crippen molar-refractivity contribution in [1.82, 2.24) is 30.2 Å². The summed E-state index contributed by atoms with van der Waals surface area (Å²) in [4.78, 5) is 25.0. The van der Waals surface area contributed by atoms with Crippen molar-refractivity contribution in [2.24, 2.45) is 11.8 Å². The van der Waals surface area contributed by atoms with E-state index in [0.717, 1.165) is 123 Å². The van der Waals surface area contributed by atoms with Crippen molar-refractivity contribution in [2.75, 3.05) is 0 Å². The normalized spacial score (nSPS) is 19.7. The summed E-state index contributed by atoms with van der Waals surface area (Å²) in [6.07, 6.45) is 1.60. The van der Waals surface area contributed by atoms with E-state index in [0.29, 0.717) is 11.8 Å². The first kappa shape index (κ1) is 43.0.